The lowest BCUT2D eigenvalue weighted by Gasteiger charge is -2.19. The van der Waals surface area contributed by atoms with Crippen LogP contribution in [0.1, 0.15) is 50.2 Å². The van der Waals surface area contributed by atoms with Crippen molar-refractivity contribution in [3.8, 4) is 11.1 Å². The van der Waals surface area contributed by atoms with Gasteiger partial charge in [-0.15, -0.1) is 0 Å². The van der Waals surface area contributed by atoms with Gasteiger partial charge in [0, 0.05) is 25.5 Å². The normalized spacial score (nSPS) is 13.1. The standard InChI is InChI=1S/C27H34N2O6/c1-18(2)13-15-34-16-14-28-26(32)24(11-12-25(30)31)29-27(33)35-17-23-21-9-5-3-7-19(21)20-8-4-6-10-22(20)23/h3-10,18,23-24H,11-17H2,1-2H3,(H,28,32)(H,29,33)(H,30,31). The number of alkyl carbamates (subject to hydrolysis) is 1. The zero-order valence-electron chi connectivity index (χ0n) is 20.3. The Hall–Kier alpha value is -3.39. The molecule has 3 rings (SSSR count). The molecule has 0 radical (unpaired) electrons. The Morgan fingerprint density at radius 1 is 0.943 bits per heavy atom. The number of carbonyl (C=O) groups excluding carboxylic acids is 2. The lowest BCUT2D eigenvalue weighted by molar-refractivity contribution is -0.137. The molecule has 2 aromatic carbocycles. The highest BCUT2D eigenvalue weighted by Crippen LogP contribution is 2.44. The Bertz CT molecular complexity index is 977. The van der Waals surface area contributed by atoms with Crippen molar-refractivity contribution in [3.63, 3.8) is 0 Å². The van der Waals surface area contributed by atoms with Crippen molar-refractivity contribution in [2.24, 2.45) is 5.92 Å². The first-order chi connectivity index (χ1) is 16.9. The lowest BCUT2D eigenvalue weighted by atomic mass is 9.98. The molecule has 1 aliphatic rings. The van der Waals surface area contributed by atoms with Crippen molar-refractivity contribution < 1.29 is 29.0 Å². The number of carboxylic acids is 1. The molecule has 188 valence electrons. The van der Waals surface area contributed by atoms with Crippen LogP contribution in [0.15, 0.2) is 48.5 Å². The summed E-state index contributed by atoms with van der Waals surface area (Å²) in [5.41, 5.74) is 4.40. The van der Waals surface area contributed by atoms with Gasteiger partial charge < -0.3 is 25.2 Å². The molecule has 8 nitrogen and oxygen atoms in total. The van der Waals surface area contributed by atoms with Crippen LogP contribution in [0.25, 0.3) is 11.1 Å². The van der Waals surface area contributed by atoms with E-state index < -0.39 is 24.0 Å². The van der Waals surface area contributed by atoms with Gasteiger partial charge in [0.2, 0.25) is 5.91 Å². The minimum atomic E-state index is -1.05. The lowest BCUT2D eigenvalue weighted by Crippen LogP contribution is -2.48. The van der Waals surface area contributed by atoms with Gasteiger partial charge in [-0.25, -0.2) is 4.79 Å². The number of aliphatic carboxylic acids is 1. The molecule has 2 amide bonds. The van der Waals surface area contributed by atoms with E-state index in [2.05, 4.69) is 24.5 Å². The molecule has 0 saturated carbocycles. The molecule has 0 heterocycles. The summed E-state index contributed by atoms with van der Waals surface area (Å²) < 4.78 is 11.0. The van der Waals surface area contributed by atoms with Crippen LogP contribution in [0, 0.1) is 5.92 Å². The Kier molecular flexibility index (Phi) is 9.66. The third-order valence-electron chi connectivity index (χ3n) is 5.98. The SMILES string of the molecule is CC(C)CCOCCNC(=O)C(CCC(=O)O)NC(=O)OCC1c2ccccc2-c2ccccc21. The number of ether oxygens (including phenoxy) is 2. The highest BCUT2D eigenvalue weighted by atomic mass is 16.5. The van der Waals surface area contributed by atoms with Crippen LogP contribution in [-0.2, 0) is 19.1 Å². The van der Waals surface area contributed by atoms with Crippen molar-refractivity contribution in [3.05, 3.63) is 59.7 Å². The van der Waals surface area contributed by atoms with Crippen molar-refractivity contribution >= 4 is 18.0 Å². The first-order valence-electron chi connectivity index (χ1n) is 12.1. The average molecular weight is 483 g/mol. The minimum absolute atomic E-state index is 0.0421. The smallest absolute Gasteiger partial charge is 0.407 e. The summed E-state index contributed by atoms with van der Waals surface area (Å²) in [6, 6.07) is 15.0. The van der Waals surface area contributed by atoms with Gasteiger partial charge in [-0.1, -0.05) is 62.4 Å². The van der Waals surface area contributed by atoms with Crippen molar-refractivity contribution in [2.45, 2.75) is 45.1 Å². The maximum atomic E-state index is 12.6. The number of carbonyl (C=O) groups is 3. The zero-order chi connectivity index (χ0) is 25.2. The molecule has 8 heteroatoms. The predicted octanol–water partition coefficient (Wildman–Crippen LogP) is 3.94. The summed E-state index contributed by atoms with van der Waals surface area (Å²) in [5, 5.41) is 14.3. The third-order valence-corrected chi connectivity index (χ3v) is 5.98. The Morgan fingerprint density at radius 2 is 1.57 bits per heavy atom. The number of amides is 2. The summed E-state index contributed by atoms with van der Waals surface area (Å²) in [6.07, 6.45) is -0.129. The highest BCUT2D eigenvalue weighted by molar-refractivity contribution is 5.86. The van der Waals surface area contributed by atoms with Gasteiger partial charge in [0.15, 0.2) is 0 Å². The Balaban J connectivity index is 1.54. The van der Waals surface area contributed by atoms with Gasteiger partial charge in [0.25, 0.3) is 0 Å². The van der Waals surface area contributed by atoms with Crippen LogP contribution in [0.5, 0.6) is 0 Å². The molecule has 0 aliphatic heterocycles. The number of hydrogen-bond donors (Lipinski definition) is 3. The van der Waals surface area contributed by atoms with Crippen LogP contribution < -0.4 is 10.6 Å². The topological polar surface area (TPSA) is 114 Å². The second-order valence-electron chi connectivity index (χ2n) is 9.04. The zero-order valence-corrected chi connectivity index (χ0v) is 20.3. The first-order valence-corrected chi connectivity index (χ1v) is 12.1. The van der Waals surface area contributed by atoms with Gasteiger partial charge in [-0.2, -0.15) is 0 Å². The van der Waals surface area contributed by atoms with Crippen LogP contribution in [0.2, 0.25) is 0 Å². The first kappa shape index (κ1) is 26.2. The summed E-state index contributed by atoms with van der Waals surface area (Å²) in [6.45, 7) is 5.53. The van der Waals surface area contributed by atoms with Gasteiger partial charge in [-0.3, -0.25) is 9.59 Å². The van der Waals surface area contributed by atoms with Crippen LogP contribution in [-0.4, -0.2) is 55.5 Å². The van der Waals surface area contributed by atoms with Crippen molar-refractivity contribution in [1.82, 2.24) is 10.6 Å². The molecule has 0 aromatic heterocycles. The number of hydrogen-bond acceptors (Lipinski definition) is 5. The number of benzene rings is 2. The maximum absolute atomic E-state index is 12.6. The van der Waals surface area contributed by atoms with E-state index in [1.165, 1.54) is 0 Å². The fourth-order valence-electron chi connectivity index (χ4n) is 4.11. The van der Waals surface area contributed by atoms with Crippen molar-refractivity contribution in [1.29, 1.82) is 0 Å². The van der Waals surface area contributed by atoms with Crippen LogP contribution in [0.4, 0.5) is 4.79 Å². The van der Waals surface area contributed by atoms with E-state index in [9.17, 15) is 14.4 Å². The molecule has 0 saturated heterocycles. The molecule has 1 unspecified atom stereocenters. The number of rotatable bonds is 13. The van der Waals surface area contributed by atoms with E-state index in [1.54, 1.807) is 0 Å². The van der Waals surface area contributed by atoms with E-state index in [4.69, 9.17) is 14.6 Å². The largest absolute Gasteiger partial charge is 0.481 e. The highest BCUT2D eigenvalue weighted by Gasteiger charge is 2.29. The van der Waals surface area contributed by atoms with Crippen LogP contribution >= 0.6 is 0 Å². The molecule has 35 heavy (non-hydrogen) atoms. The molecule has 1 aliphatic carbocycles. The van der Waals surface area contributed by atoms with E-state index in [0.29, 0.717) is 19.1 Å². The fraction of sp³-hybridized carbons (Fsp3) is 0.444. The molecule has 3 N–H and O–H groups in total. The maximum Gasteiger partial charge on any atom is 0.407 e. The van der Waals surface area contributed by atoms with E-state index >= 15 is 0 Å². The molecule has 0 spiro atoms. The molecule has 0 fully saturated rings. The summed E-state index contributed by atoms with van der Waals surface area (Å²) in [4.78, 5) is 36.2. The van der Waals surface area contributed by atoms with Gasteiger partial charge in [0.05, 0.1) is 6.61 Å². The van der Waals surface area contributed by atoms with Crippen molar-refractivity contribution in [2.75, 3.05) is 26.4 Å². The Morgan fingerprint density at radius 3 is 2.17 bits per heavy atom. The molecule has 1 atom stereocenters. The molecular weight excluding hydrogens is 448 g/mol. The monoisotopic (exact) mass is 482 g/mol. The Labute approximate surface area is 206 Å². The number of fused-ring (bicyclic) bond motifs is 3. The molecule has 2 aromatic rings. The number of carboxylic acid groups (broad SMARTS) is 1. The van der Waals surface area contributed by atoms with E-state index in [0.717, 1.165) is 28.7 Å². The quantitative estimate of drug-likeness (QED) is 0.373. The average Bonchev–Trinajstić information content (AvgIpc) is 3.16. The number of nitrogens with one attached hydrogen (secondary N) is 2. The second kappa shape index (κ2) is 12.9. The van der Waals surface area contributed by atoms with E-state index in [1.807, 2.05) is 48.5 Å². The summed E-state index contributed by atoms with van der Waals surface area (Å²) in [7, 11) is 0. The second-order valence-corrected chi connectivity index (χ2v) is 9.04. The molecular formula is C27H34N2O6. The van der Waals surface area contributed by atoms with E-state index in [-0.39, 0.29) is 31.9 Å². The minimum Gasteiger partial charge on any atom is -0.481 e. The predicted molar refractivity (Wildman–Crippen MR) is 132 cm³/mol. The van der Waals surface area contributed by atoms with Gasteiger partial charge in [0.1, 0.15) is 12.6 Å². The fourth-order valence-corrected chi connectivity index (χ4v) is 4.11. The van der Waals surface area contributed by atoms with Gasteiger partial charge in [-0.05, 0) is 41.0 Å². The summed E-state index contributed by atoms with van der Waals surface area (Å²) in [5.74, 6) is -1.09. The molecule has 0 bridgehead atoms. The third kappa shape index (κ3) is 7.55. The van der Waals surface area contributed by atoms with Crippen LogP contribution in [0.3, 0.4) is 0 Å². The van der Waals surface area contributed by atoms with Gasteiger partial charge >= 0.3 is 12.1 Å². The summed E-state index contributed by atoms with van der Waals surface area (Å²) >= 11 is 0.